The molecule has 0 aromatic heterocycles. The van der Waals surface area contributed by atoms with E-state index in [2.05, 4.69) is 0 Å². The second-order valence-electron chi connectivity index (χ2n) is 3.55. The van der Waals surface area contributed by atoms with E-state index in [4.69, 9.17) is 15.4 Å². The molecule has 3 nitrogen and oxygen atoms in total. The summed E-state index contributed by atoms with van der Waals surface area (Å²) in [5.41, 5.74) is 1.67. The van der Waals surface area contributed by atoms with Gasteiger partial charge in [-0.05, 0) is 25.0 Å². The van der Waals surface area contributed by atoms with Crippen LogP contribution in [0.15, 0.2) is 18.2 Å². The van der Waals surface area contributed by atoms with Crippen LogP contribution < -0.4 is 4.74 Å². The predicted octanol–water partition coefficient (Wildman–Crippen LogP) is 2.89. The van der Waals surface area contributed by atoms with Gasteiger partial charge in [-0.3, -0.25) is 0 Å². The first-order valence-corrected chi connectivity index (χ1v) is 7.37. The van der Waals surface area contributed by atoms with Crippen LogP contribution in [0.1, 0.15) is 30.2 Å². The molecule has 0 aliphatic carbocycles. The molecule has 0 aliphatic heterocycles. The summed E-state index contributed by atoms with van der Waals surface area (Å²) in [6, 6.07) is 5.51. The van der Waals surface area contributed by atoms with E-state index in [9.17, 15) is 8.42 Å². The third-order valence-corrected chi connectivity index (χ3v) is 4.46. The van der Waals surface area contributed by atoms with Gasteiger partial charge in [0.05, 0.1) is 7.11 Å². The second-order valence-corrected chi connectivity index (χ2v) is 6.50. The number of halogens is 1. The Morgan fingerprint density at radius 1 is 1.44 bits per heavy atom. The molecule has 1 aromatic carbocycles. The number of rotatable bonds is 4. The quantitative estimate of drug-likeness (QED) is 0.784. The second kappa shape index (κ2) is 5.06. The van der Waals surface area contributed by atoms with Crippen molar-refractivity contribution in [2.45, 2.75) is 25.5 Å². The molecule has 0 N–H and O–H groups in total. The van der Waals surface area contributed by atoms with E-state index < -0.39 is 14.3 Å². The number of methoxy groups -OCH3 is 1. The molecule has 0 spiro atoms. The number of aryl methyl sites for hydroxylation is 1. The lowest BCUT2D eigenvalue weighted by atomic mass is 10.1. The van der Waals surface area contributed by atoms with Crippen LogP contribution in [0.2, 0.25) is 0 Å². The van der Waals surface area contributed by atoms with E-state index in [1.807, 2.05) is 19.1 Å². The maximum atomic E-state index is 11.3. The number of ether oxygens (including phenoxy) is 1. The van der Waals surface area contributed by atoms with E-state index in [0.717, 1.165) is 12.0 Å². The zero-order valence-electron chi connectivity index (χ0n) is 9.53. The molecule has 1 unspecified atom stereocenters. The van der Waals surface area contributed by atoms with Crippen molar-refractivity contribution < 1.29 is 13.2 Å². The SMILES string of the molecule is CCc1ccc(OC)c(C(C)S(=O)(=O)Cl)c1. The Morgan fingerprint density at radius 2 is 2.06 bits per heavy atom. The molecule has 0 amide bonds. The Labute approximate surface area is 101 Å². The maximum Gasteiger partial charge on any atom is 0.239 e. The van der Waals surface area contributed by atoms with Crippen LogP contribution in [0.5, 0.6) is 5.75 Å². The Morgan fingerprint density at radius 3 is 2.50 bits per heavy atom. The van der Waals surface area contributed by atoms with Crippen LogP contribution >= 0.6 is 10.7 Å². The van der Waals surface area contributed by atoms with Crippen molar-refractivity contribution in [3.05, 3.63) is 29.3 Å². The maximum absolute atomic E-state index is 11.3. The third-order valence-electron chi connectivity index (χ3n) is 2.56. The Balaban J connectivity index is 3.29. The highest BCUT2D eigenvalue weighted by atomic mass is 35.7. The average Bonchev–Trinajstić information content (AvgIpc) is 2.25. The van der Waals surface area contributed by atoms with Gasteiger partial charge in [-0.2, -0.15) is 0 Å². The van der Waals surface area contributed by atoms with Gasteiger partial charge in [0.2, 0.25) is 9.05 Å². The van der Waals surface area contributed by atoms with Crippen LogP contribution in [0, 0.1) is 0 Å². The van der Waals surface area contributed by atoms with E-state index in [0.29, 0.717) is 11.3 Å². The minimum absolute atomic E-state index is 0.550. The first kappa shape index (κ1) is 13.3. The highest BCUT2D eigenvalue weighted by molar-refractivity contribution is 8.13. The Hall–Kier alpha value is -0.740. The fourth-order valence-corrected chi connectivity index (χ4v) is 2.25. The summed E-state index contributed by atoms with van der Waals surface area (Å²) in [6.07, 6.45) is 0.839. The van der Waals surface area contributed by atoms with Gasteiger partial charge >= 0.3 is 0 Å². The van der Waals surface area contributed by atoms with Gasteiger partial charge in [-0.15, -0.1) is 0 Å². The minimum Gasteiger partial charge on any atom is -0.496 e. The molecule has 0 radical (unpaired) electrons. The lowest BCUT2D eigenvalue weighted by Crippen LogP contribution is -2.05. The molecule has 1 atom stereocenters. The normalized spacial score (nSPS) is 13.5. The molecule has 90 valence electrons. The summed E-state index contributed by atoms with van der Waals surface area (Å²) in [4.78, 5) is 0. The van der Waals surface area contributed by atoms with Gasteiger partial charge in [-0.25, -0.2) is 8.42 Å². The largest absolute Gasteiger partial charge is 0.496 e. The van der Waals surface area contributed by atoms with Crippen molar-refractivity contribution in [2.75, 3.05) is 7.11 Å². The zero-order chi connectivity index (χ0) is 12.3. The fourth-order valence-electron chi connectivity index (χ4n) is 1.47. The molecular weight excluding hydrogens is 248 g/mol. The van der Waals surface area contributed by atoms with Crippen LogP contribution in [0.3, 0.4) is 0 Å². The first-order valence-electron chi connectivity index (χ1n) is 5.00. The van der Waals surface area contributed by atoms with Crippen molar-refractivity contribution >= 4 is 19.7 Å². The van der Waals surface area contributed by atoms with Gasteiger partial charge < -0.3 is 4.74 Å². The van der Waals surface area contributed by atoms with Crippen molar-refractivity contribution in [3.63, 3.8) is 0 Å². The average molecular weight is 263 g/mol. The van der Waals surface area contributed by atoms with E-state index >= 15 is 0 Å². The summed E-state index contributed by atoms with van der Waals surface area (Å²) >= 11 is 0. The molecule has 0 saturated heterocycles. The molecule has 1 rings (SSSR count). The highest BCUT2D eigenvalue weighted by Gasteiger charge is 2.23. The van der Waals surface area contributed by atoms with Crippen LogP contribution in [-0.4, -0.2) is 15.5 Å². The predicted molar refractivity (Wildman–Crippen MR) is 65.6 cm³/mol. The van der Waals surface area contributed by atoms with Crippen molar-refractivity contribution in [2.24, 2.45) is 0 Å². The summed E-state index contributed by atoms with van der Waals surface area (Å²) < 4.78 is 27.8. The van der Waals surface area contributed by atoms with E-state index in [1.165, 1.54) is 7.11 Å². The first-order chi connectivity index (χ1) is 7.40. The van der Waals surface area contributed by atoms with Crippen LogP contribution in [0.4, 0.5) is 0 Å². The lowest BCUT2D eigenvalue weighted by Gasteiger charge is -2.14. The highest BCUT2D eigenvalue weighted by Crippen LogP contribution is 2.33. The fraction of sp³-hybridized carbons (Fsp3) is 0.455. The van der Waals surface area contributed by atoms with Crippen molar-refractivity contribution in [1.82, 2.24) is 0 Å². The van der Waals surface area contributed by atoms with E-state index in [-0.39, 0.29) is 0 Å². The van der Waals surface area contributed by atoms with Gasteiger partial charge in [0.1, 0.15) is 11.0 Å². The van der Waals surface area contributed by atoms with E-state index in [1.54, 1.807) is 13.0 Å². The molecule has 5 heteroatoms. The molecule has 0 heterocycles. The smallest absolute Gasteiger partial charge is 0.239 e. The monoisotopic (exact) mass is 262 g/mol. The molecule has 1 aromatic rings. The van der Waals surface area contributed by atoms with Gasteiger partial charge in [0, 0.05) is 16.2 Å². The zero-order valence-corrected chi connectivity index (χ0v) is 11.1. The standard InChI is InChI=1S/C11H15ClO3S/c1-4-9-5-6-11(15-3)10(7-9)8(2)16(12,13)14/h5-8H,4H2,1-3H3. The molecule has 16 heavy (non-hydrogen) atoms. The molecule has 0 fully saturated rings. The number of hydrogen-bond donors (Lipinski definition) is 0. The lowest BCUT2D eigenvalue weighted by molar-refractivity contribution is 0.409. The molecule has 0 saturated carbocycles. The Kier molecular flexibility index (Phi) is 4.21. The summed E-state index contributed by atoms with van der Waals surface area (Å²) in [6.45, 7) is 3.56. The molecule has 0 aliphatic rings. The van der Waals surface area contributed by atoms with Gasteiger partial charge in [-0.1, -0.05) is 19.1 Å². The topological polar surface area (TPSA) is 43.4 Å². The molecule has 0 bridgehead atoms. The molecular formula is C11H15ClO3S. The number of hydrogen-bond acceptors (Lipinski definition) is 3. The minimum atomic E-state index is -3.62. The van der Waals surface area contributed by atoms with Gasteiger partial charge in [0.25, 0.3) is 0 Å². The van der Waals surface area contributed by atoms with Crippen molar-refractivity contribution in [3.8, 4) is 5.75 Å². The third kappa shape index (κ3) is 2.89. The van der Waals surface area contributed by atoms with Crippen LogP contribution in [-0.2, 0) is 15.5 Å². The van der Waals surface area contributed by atoms with Gasteiger partial charge in [0.15, 0.2) is 0 Å². The summed E-state index contributed by atoms with van der Waals surface area (Å²) in [5.74, 6) is 0.550. The van der Waals surface area contributed by atoms with Crippen LogP contribution in [0.25, 0.3) is 0 Å². The summed E-state index contributed by atoms with van der Waals surface area (Å²) in [7, 11) is 3.25. The number of benzene rings is 1. The Bertz CT molecular complexity index is 468. The summed E-state index contributed by atoms with van der Waals surface area (Å²) in [5, 5.41) is -0.768. The van der Waals surface area contributed by atoms with Crippen molar-refractivity contribution in [1.29, 1.82) is 0 Å².